The van der Waals surface area contributed by atoms with E-state index in [9.17, 15) is 19.8 Å². The molecule has 1 aromatic heterocycles. The molecule has 0 saturated carbocycles. The van der Waals surface area contributed by atoms with Crippen LogP contribution in [0, 0.1) is 6.92 Å². The topological polar surface area (TPSA) is 116 Å². The Morgan fingerprint density at radius 3 is 2.39 bits per heavy atom. The zero-order valence-corrected chi connectivity index (χ0v) is 18.0. The van der Waals surface area contributed by atoms with Crippen LogP contribution in [0.4, 0.5) is 0 Å². The van der Waals surface area contributed by atoms with Crippen molar-refractivity contribution < 1.29 is 29.5 Å². The molecule has 0 bridgehead atoms. The molecule has 0 unspecified atom stereocenters. The zero-order chi connectivity index (χ0) is 23.4. The van der Waals surface area contributed by atoms with E-state index in [1.165, 1.54) is 12.1 Å². The highest BCUT2D eigenvalue weighted by molar-refractivity contribution is 5.83. The lowest BCUT2D eigenvalue weighted by Gasteiger charge is -2.18. The molecule has 4 aromatic rings. The number of aromatic hydroxyl groups is 1. The number of carbonyl (C=O) groups excluding carboxylic acids is 1. The molecule has 168 valence electrons. The number of para-hydroxylation sites is 1. The van der Waals surface area contributed by atoms with Crippen molar-refractivity contribution in [2.24, 2.45) is 0 Å². The Bertz CT molecular complexity index is 1330. The summed E-state index contributed by atoms with van der Waals surface area (Å²) >= 11 is 0. The third kappa shape index (κ3) is 4.88. The maximum Gasteiger partial charge on any atom is 0.235 e. The Balaban J connectivity index is 1.65. The summed E-state index contributed by atoms with van der Waals surface area (Å²) < 4.78 is 11.7. The Hall–Kier alpha value is -4.10. The predicted octanol–water partition coefficient (Wildman–Crippen LogP) is 2.02. The Morgan fingerprint density at radius 1 is 1.06 bits per heavy atom. The van der Waals surface area contributed by atoms with Crippen LogP contribution in [0.15, 0.2) is 82.0 Å². The molecular weight excluding hydrogens is 422 g/mol. The molecule has 1 heterocycles. The third-order valence-electron chi connectivity index (χ3n) is 5.43. The fourth-order valence-corrected chi connectivity index (χ4v) is 3.71. The molecule has 7 heteroatoms. The standard InChI is InChI=1S/C26H23NO6/c1-16-24(33-18-10-6-3-7-11-18)23(29)19-12-13-22(28)20(25(19)32-16)15-27-21(26(30)31)14-17-8-4-2-5-9-17/h2-13,21,27-28H,14-15H2,1H3,(H,30,31)/t21-/m1/s1. The second-order valence-electron chi connectivity index (χ2n) is 7.73. The van der Waals surface area contributed by atoms with Crippen LogP contribution in [0.5, 0.6) is 17.2 Å². The van der Waals surface area contributed by atoms with Crippen LogP contribution in [-0.4, -0.2) is 17.1 Å². The van der Waals surface area contributed by atoms with Gasteiger partial charge in [0.25, 0.3) is 0 Å². The number of carboxylic acid groups (broad SMARTS) is 1. The minimum atomic E-state index is -1.21. The first-order chi connectivity index (χ1) is 15.9. The smallest absolute Gasteiger partial charge is 0.235 e. The average molecular weight is 445 g/mol. The van der Waals surface area contributed by atoms with Gasteiger partial charge in [0.05, 0.1) is 16.9 Å². The molecule has 0 saturated heterocycles. The van der Waals surface area contributed by atoms with Gasteiger partial charge in [-0.3, -0.25) is 4.79 Å². The summed E-state index contributed by atoms with van der Waals surface area (Å²) in [6.45, 7) is 1.69. The first-order valence-corrected chi connectivity index (χ1v) is 10.5. The lowest BCUT2D eigenvalue weighted by Crippen LogP contribution is -2.92. The molecule has 3 aromatic carbocycles. The van der Waals surface area contributed by atoms with Crippen LogP contribution >= 0.6 is 0 Å². The van der Waals surface area contributed by atoms with Gasteiger partial charge in [0.15, 0.2) is 5.58 Å². The van der Waals surface area contributed by atoms with Crippen molar-refractivity contribution in [1.82, 2.24) is 0 Å². The zero-order valence-electron chi connectivity index (χ0n) is 18.0. The molecule has 4 rings (SSSR count). The van der Waals surface area contributed by atoms with Crippen LogP contribution in [0.1, 0.15) is 16.9 Å². The summed E-state index contributed by atoms with van der Waals surface area (Å²) in [5.74, 6) is -0.489. The summed E-state index contributed by atoms with van der Waals surface area (Å²) in [6, 6.07) is 20.1. The Labute approximate surface area is 189 Å². The van der Waals surface area contributed by atoms with Crippen LogP contribution in [0.25, 0.3) is 11.0 Å². The molecule has 3 N–H and O–H groups in total. The molecule has 0 aliphatic rings. The van der Waals surface area contributed by atoms with Crippen molar-refractivity contribution in [3.05, 3.63) is 99.9 Å². The minimum Gasteiger partial charge on any atom is -0.544 e. The number of hydrogen-bond acceptors (Lipinski definition) is 6. The van der Waals surface area contributed by atoms with Gasteiger partial charge in [-0.1, -0.05) is 48.5 Å². The van der Waals surface area contributed by atoms with Crippen molar-refractivity contribution in [3.63, 3.8) is 0 Å². The number of fused-ring (bicyclic) bond motifs is 1. The van der Waals surface area contributed by atoms with Gasteiger partial charge in [-0.2, -0.15) is 0 Å². The van der Waals surface area contributed by atoms with E-state index in [4.69, 9.17) is 9.15 Å². The van der Waals surface area contributed by atoms with Gasteiger partial charge >= 0.3 is 0 Å². The van der Waals surface area contributed by atoms with Gasteiger partial charge in [0.2, 0.25) is 11.2 Å². The number of quaternary nitrogens is 1. The van der Waals surface area contributed by atoms with E-state index >= 15 is 0 Å². The van der Waals surface area contributed by atoms with Gasteiger partial charge in [-0.15, -0.1) is 0 Å². The number of ether oxygens (including phenoxy) is 1. The fraction of sp³-hybridized carbons (Fsp3) is 0.154. The highest BCUT2D eigenvalue weighted by atomic mass is 16.5. The Morgan fingerprint density at radius 2 is 1.73 bits per heavy atom. The van der Waals surface area contributed by atoms with Crippen molar-refractivity contribution >= 4 is 16.9 Å². The maximum absolute atomic E-state index is 13.1. The first kappa shape index (κ1) is 22.1. The highest BCUT2D eigenvalue weighted by Gasteiger charge is 2.21. The molecule has 0 fully saturated rings. The maximum atomic E-state index is 13.1. The molecule has 7 nitrogen and oxygen atoms in total. The largest absolute Gasteiger partial charge is 0.544 e. The number of rotatable bonds is 8. The lowest BCUT2D eigenvalue weighted by atomic mass is 10.0. The number of carbonyl (C=O) groups is 1. The van der Waals surface area contributed by atoms with Crippen molar-refractivity contribution in [3.8, 4) is 17.2 Å². The van der Waals surface area contributed by atoms with Crippen LogP contribution < -0.4 is 20.6 Å². The van der Waals surface area contributed by atoms with Crippen molar-refractivity contribution in [1.29, 1.82) is 0 Å². The van der Waals surface area contributed by atoms with E-state index in [1.807, 2.05) is 36.4 Å². The number of nitrogens with two attached hydrogens (primary N) is 1. The lowest BCUT2D eigenvalue weighted by molar-refractivity contribution is -0.698. The Kier molecular flexibility index (Phi) is 6.42. The summed E-state index contributed by atoms with van der Waals surface area (Å²) in [4.78, 5) is 24.8. The van der Waals surface area contributed by atoms with E-state index in [1.54, 1.807) is 36.5 Å². The van der Waals surface area contributed by atoms with E-state index in [0.717, 1.165) is 5.56 Å². The number of phenolic OH excluding ortho intramolecular Hbond substituents is 1. The third-order valence-corrected chi connectivity index (χ3v) is 5.43. The van der Waals surface area contributed by atoms with E-state index in [0.29, 0.717) is 11.3 Å². The van der Waals surface area contributed by atoms with Gasteiger partial charge in [-0.05, 0) is 36.8 Å². The molecule has 0 radical (unpaired) electrons. The van der Waals surface area contributed by atoms with Crippen molar-refractivity contribution in [2.75, 3.05) is 0 Å². The number of benzene rings is 3. The number of hydrogen-bond donors (Lipinski definition) is 2. The molecule has 1 atom stereocenters. The minimum absolute atomic E-state index is 0.0611. The van der Waals surface area contributed by atoms with E-state index in [-0.39, 0.29) is 46.6 Å². The number of aryl methyl sites for hydroxylation is 1. The quantitative estimate of drug-likeness (QED) is 0.429. The highest BCUT2D eigenvalue weighted by Crippen LogP contribution is 2.30. The predicted molar refractivity (Wildman–Crippen MR) is 120 cm³/mol. The van der Waals surface area contributed by atoms with Gasteiger partial charge in [0.1, 0.15) is 29.8 Å². The molecule has 0 aliphatic heterocycles. The first-order valence-electron chi connectivity index (χ1n) is 10.5. The monoisotopic (exact) mass is 445 g/mol. The normalized spacial score (nSPS) is 11.9. The molecule has 33 heavy (non-hydrogen) atoms. The number of carboxylic acids is 1. The van der Waals surface area contributed by atoms with Crippen LogP contribution in [-0.2, 0) is 17.8 Å². The summed E-state index contributed by atoms with van der Waals surface area (Å²) in [7, 11) is 0. The van der Waals surface area contributed by atoms with Gasteiger partial charge < -0.3 is 29.5 Å². The van der Waals surface area contributed by atoms with Gasteiger partial charge in [-0.25, -0.2) is 0 Å². The van der Waals surface area contributed by atoms with Crippen LogP contribution in [0.3, 0.4) is 0 Å². The SMILES string of the molecule is Cc1oc2c(C[NH2+][C@H](Cc3ccccc3)C(=O)[O-])c(O)ccc2c(=O)c1Oc1ccccc1. The molecular formula is C26H23NO6. The summed E-state index contributed by atoms with van der Waals surface area (Å²) in [6.07, 6.45) is 0.257. The van der Waals surface area contributed by atoms with E-state index < -0.39 is 12.0 Å². The number of phenols is 1. The second-order valence-corrected chi connectivity index (χ2v) is 7.73. The van der Waals surface area contributed by atoms with Gasteiger partial charge in [0, 0.05) is 6.42 Å². The van der Waals surface area contributed by atoms with Crippen molar-refractivity contribution in [2.45, 2.75) is 25.9 Å². The second kappa shape index (κ2) is 9.58. The summed E-state index contributed by atoms with van der Waals surface area (Å²) in [5, 5.41) is 24.0. The van der Waals surface area contributed by atoms with E-state index in [2.05, 4.69) is 0 Å². The van der Waals surface area contributed by atoms with Crippen LogP contribution in [0.2, 0.25) is 0 Å². The summed E-state index contributed by atoms with van der Waals surface area (Å²) in [5.41, 5.74) is 1.01. The average Bonchev–Trinajstić information content (AvgIpc) is 2.81. The molecule has 0 spiro atoms. The fourth-order valence-electron chi connectivity index (χ4n) is 3.71. The molecule has 0 amide bonds. The number of aliphatic carboxylic acids is 1. The molecule has 0 aliphatic carbocycles.